The lowest BCUT2D eigenvalue weighted by Gasteiger charge is -2.28. The minimum Gasteiger partial charge on any atom is -0.494 e. The third-order valence-corrected chi connectivity index (χ3v) is 3.45. The van der Waals surface area contributed by atoms with Gasteiger partial charge in [0.1, 0.15) is 5.75 Å². The van der Waals surface area contributed by atoms with E-state index in [0.717, 1.165) is 31.4 Å². The molecule has 20 heavy (non-hydrogen) atoms. The molecule has 1 fully saturated rings. The molecule has 2 unspecified atom stereocenters. The monoisotopic (exact) mass is 278 g/mol. The van der Waals surface area contributed by atoms with Crippen LogP contribution in [0.1, 0.15) is 32.6 Å². The number of amides is 2. The fourth-order valence-corrected chi connectivity index (χ4v) is 2.45. The van der Waals surface area contributed by atoms with Gasteiger partial charge in [-0.15, -0.1) is 0 Å². The molecule has 1 aliphatic rings. The van der Waals surface area contributed by atoms with Crippen molar-refractivity contribution in [2.75, 3.05) is 11.9 Å². The molecule has 2 amide bonds. The van der Waals surface area contributed by atoms with Crippen molar-refractivity contribution >= 4 is 11.7 Å². The van der Waals surface area contributed by atoms with Crippen LogP contribution in [0.2, 0.25) is 0 Å². The van der Waals surface area contributed by atoms with Crippen LogP contribution in [0, 0.1) is 0 Å². The molecule has 2 atom stereocenters. The summed E-state index contributed by atoms with van der Waals surface area (Å²) in [4.78, 5) is 11.9. The minimum atomic E-state index is -0.441. The van der Waals surface area contributed by atoms with Gasteiger partial charge in [0.15, 0.2) is 0 Å². The number of urea groups is 1. The number of benzene rings is 1. The number of hydrogen-bond donors (Lipinski definition) is 3. The molecule has 5 nitrogen and oxygen atoms in total. The van der Waals surface area contributed by atoms with Crippen molar-refractivity contribution in [1.29, 1.82) is 0 Å². The number of hydrogen-bond acceptors (Lipinski definition) is 3. The van der Waals surface area contributed by atoms with Crippen LogP contribution in [-0.2, 0) is 0 Å². The summed E-state index contributed by atoms with van der Waals surface area (Å²) >= 11 is 0. The molecule has 0 bridgehead atoms. The van der Waals surface area contributed by atoms with Crippen molar-refractivity contribution in [2.45, 2.75) is 44.8 Å². The first-order valence-corrected chi connectivity index (χ1v) is 7.17. The van der Waals surface area contributed by atoms with Gasteiger partial charge >= 0.3 is 6.03 Å². The predicted molar refractivity (Wildman–Crippen MR) is 78.0 cm³/mol. The summed E-state index contributed by atoms with van der Waals surface area (Å²) in [6.07, 6.45) is 3.21. The first-order chi connectivity index (χ1) is 9.69. The summed E-state index contributed by atoms with van der Waals surface area (Å²) < 4.78 is 5.38. The molecular formula is C15H22N2O3. The average Bonchev–Trinajstić information content (AvgIpc) is 2.42. The number of rotatable bonds is 4. The van der Waals surface area contributed by atoms with E-state index in [1.807, 2.05) is 19.1 Å². The standard InChI is InChI=1S/C15H22N2O3/c1-2-20-12-7-5-6-11(10-12)16-15(19)17-13-8-3-4-9-14(13)18/h5-7,10,13-14,18H,2-4,8-9H2,1H3,(H2,16,17,19). The van der Waals surface area contributed by atoms with E-state index in [1.54, 1.807) is 12.1 Å². The molecule has 0 aromatic heterocycles. The second kappa shape index (κ2) is 7.14. The van der Waals surface area contributed by atoms with E-state index < -0.39 is 6.10 Å². The summed E-state index contributed by atoms with van der Waals surface area (Å²) in [5.41, 5.74) is 0.679. The molecule has 0 heterocycles. The fourth-order valence-electron chi connectivity index (χ4n) is 2.45. The Labute approximate surface area is 119 Å². The lowest BCUT2D eigenvalue weighted by molar-refractivity contribution is 0.0955. The van der Waals surface area contributed by atoms with Crippen molar-refractivity contribution in [3.8, 4) is 5.75 Å². The maximum Gasteiger partial charge on any atom is 0.319 e. The van der Waals surface area contributed by atoms with Gasteiger partial charge in [-0.05, 0) is 31.9 Å². The molecule has 1 saturated carbocycles. The number of carbonyl (C=O) groups is 1. The molecule has 0 aliphatic heterocycles. The molecule has 1 aromatic carbocycles. The molecule has 1 aliphatic carbocycles. The average molecular weight is 278 g/mol. The number of aliphatic hydroxyl groups is 1. The van der Waals surface area contributed by atoms with Crippen LogP contribution in [-0.4, -0.2) is 29.9 Å². The molecule has 0 saturated heterocycles. The van der Waals surface area contributed by atoms with Gasteiger partial charge in [0, 0.05) is 11.8 Å². The van der Waals surface area contributed by atoms with E-state index in [2.05, 4.69) is 10.6 Å². The van der Waals surface area contributed by atoms with Crippen LogP contribution in [0.3, 0.4) is 0 Å². The molecule has 1 aromatic rings. The largest absolute Gasteiger partial charge is 0.494 e. The van der Waals surface area contributed by atoms with Crippen LogP contribution in [0.4, 0.5) is 10.5 Å². The Hall–Kier alpha value is -1.75. The molecule has 3 N–H and O–H groups in total. The molecule has 110 valence electrons. The van der Waals surface area contributed by atoms with E-state index in [1.165, 1.54) is 0 Å². The molecule has 2 rings (SSSR count). The molecule has 0 spiro atoms. The zero-order chi connectivity index (χ0) is 14.4. The summed E-state index contributed by atoms with van der Waals surface area (Å²) in [6.45, 7) is 2.50. The Morgan fingerprint density at radius 1 is 1.40 bits per heavy atom. The Morgan fingerprint density at radius 2 is 2.20 bits per heavy atom. The van der Waals surface area contributed by atoms with Gasteiger partial charge in [0.05, 0.1) is 18.8 Å². The van der Waals surface area contributed by atoms with E-state index in [9.17, 15) is 9.90 Å². The fraction of sp³-hybridized carbons (Fsp3) is 0.533. The highest BCUT2D eigenvalue weighted by molar-refractivity contribution is 5.89. The summed E-state index contributed by atoms with van der Waals surface area (Å²) in [5, 5.41) is 15.4. The second-order valence-electron chi connectivity index (χ2n) is 5.02. The van der Waals surface area contributed by atoms with Crippen LogP contribution < -0.4 is 15.4 Å². The number of ether oxygens (including phenoxy) is 1. The Kier molecular flexibility index (Phi) is 5.24. The smallest absolute Gasteiger partial charge is 0.319 e. The second-order valence-corrected chi connectivity index (χ2v) is 5.02. The van der Waals surface area contributed by atoms with Gasteiger partial charge < -0.3 is 20.5 Å². The normalized spacial score (nSPS) is 22.1. The lowest BCUT2D eigenvalue weighted by atomic mass is 9.93. The number of anilines is 1. The van der Waals surface area contributed by atoms with Gasteiger partial charge in [-0.1, -0.05) is 18.9 Å². The first-order valence-electron chi connectivity index (χ1n) is 7.17. The minimum absolute atomic E-state index is 0.154. The van der Waals surface area contributed by atoms with Crippen LogP contribution in [0.5, 0.6) is 5.75 Å². The zero-order valence-electron chi connectivity index (χ0n) is 11.8. The van der Waals surface area contributed by atoms with Crippen molar-refractivity contribution in [1.82, 2.24) is 5.32 Å². The quantitative estimate of drug-likeness (QED) is 0.792. The topological polar surface area (TPSA) is 70.6 Å². The van der Waals surface area contributed by atoms with Crippen LogP contribution in [0.25, 0.3) is 0 Å². The summed E-state index contributed by atoms with van der Waals surface area (Å²) in [6, 6.07) is 6.82. The highest BCUT2D eigenvalue weighted by Crippen LogP contribution is 2.19. The maximum absolute atomic E-state index is 11.9. The number of aliphatic hydroxyl groups excluding tert-OH is 1. The maximum atomic E-state index is 11.9. The van der Waals surface area contributed by atoms with Crippen molar-refractivity contribution < 1.29 is 14.6 Å². The van der Waals surface area contributed by atoms with Crippen molar-refractivity contribution in [3.63, 3.8) is 0 Å². The Balaban J connectivity index is 1.88. The lowest BCUT2D eigenvalue weighted by Crippen LogP contribution is -2.46. The third-order valence-electron chi connectivity index (χ3n) is 3.45. The van der Waals surface area contributed by atoms with E-state index in [4.69, 9.17) is 4.74 Å². The summed E-state index contributed by atoms with van der Waals surface area (Å²) in [5.74, 6) is 0.725. The van der Waals surface area contributed by atoms with Gasteiger partial charge in [-0.25, -0.2) is 4.79 Å². The van der Waals surface area contributed by atoms with Gasteiger partial charge in [0.25, 0.3) is 0 Å². The van der Waals surface area contributed by atoms with Crippen molar-refractivity contribution in [3.05, 3.63) is 24.3 Å². The third kappa shape index (κ3) is 4.13. The summed E-state index contributed by atoms with van der Waals surface area (Å²) in [7, 11) is 0. The van der Waals surface area contributed by atoms with Gasteiger partial charge in [-0.2, -0.15) is 0 Å². The molecular weight excluding hydrogens is 256 g/mol. The highest BCUT2D eigenvalue weighted by atomic mass is 16.5. The number of nitrogens with one attached hydrogen (secondary N) is 2. The van der Waals surface area contributed by atoms with Crippen LogP contribution in [0.15, 0.2) is 24.3 Å². The van der Waals surface area contributed by atoms with E-state index >= 15 is 0 Å². The Morgan fingerprint density at radius 3 is 2.95 bits per heavy atom. The van der Waals surface area contributed by atoms with Crippen molar-refractivity contribution in [2.24, 2.45) is 0 Å². The van der Waals surface area contributed by atoms with Crippen LogP contribution >= 0.6 is 0 Å². The highest BCUT2D eigenvalue weighted by Gasteiger charge is 2.24. The van der Waals surface area contributed by atoms with Gasteiger partial charge in [0.2, 0.25) is 0 Å². The number of carbonyl (C=O) groups excluding carboxylic acids is 1. The molecule has 0 radical (unpaired) electrons. The first kappa shape index (κ1) is 14.7. The van der Waals surface area contributed by atoms with E-state index in [-0.39, 0.29) is 12.1 Å². The zero-order valence-corrected chi connectivity index (χ0v) is 11.8. The Bertz CT molecular complexity index is 450. The SMILES string of the molecule is CCOc1cccc(NC(=O)NC2CCCCC2O)c1. The van der Waals surface area contributed by atoms with Gasteiger partial charge in [-0.3, -0.25) is 0 Å². The predicted octanol–water partition coefficient (Wildman–Crippen LogP) is 2.51. The van der Waals surface area contributed by atoms with E-state index in [0.29, 0.717) is 12.3 Å². The molecule has 5 heteroatoms.